The van der Waals surface area contributed by atoms with Crippen LogP contribution < -0.4 is 14.7 Å². The molecule has 326 valence electrons. The molecule has 13 aromatic rings. The lowest BCUT2D eigenvalue weighted by Crippen LogP contribution is -2.13. The second-order valence-corrected chi connectivity index (χ2v) is 19.5. The van der Waals surface area contributed by atoms with Crippen LogP contribution in [0.1, 0.15) is 0 Å². The van der Waals surface area contributed by atoms with Gasteiger partial charge in [0, 0.05) is 91.4 Å². The first kappa shape index (κ1) is 40.8. The quantitative estimate of drug-likeness (QED) is 0.135. The van der Waals surface area contributed by atoms with Gasteiger partial charge in [0.15, 0.2) is 0 Å². The van der Waals surface area contributed by atoms with Gasteiger partial charge >= 0.3 is 0 Å². The first-order chi connectivity index (χ1) is 34.2. The van der Waals surface area contributed by atoms with Gasteiger partial charge in [-0.15, -0.1) is 22.7 Å². The number of hydrogen-bond donors (Lipinski definition) is 0. The molecule has 0 saturated carbocycles. The minimum absolute atomic E-state index is 1.08. The van der Waals surface area contributed by atoms with Crippen LogP contribution in [0.2, 0.25) is 0 Å². The van der Waals surface area contributed by atoms with Gasteiger partial charge in [0.05, 0.1) is 5.69 Å². The minimum Gasteiger partial charge on any atom is -0.310 e. The number of para-hydroxylation sites is 3. The van der Waals surface area contributed by atoms with E-state index in [0.717, 1.165) is 51.2 Å². The maximum Gasteiger partial charge on any atom is 0.0540 e. The molecule has 3 nitrogen and oxygen atoms in total. The van der Waals surface area contributed by atoms with E-state index in [1.54, 1.807) is 0 Å². The molecule has 13 rings (SSSR count). The summed E-state index contributed by atoms with van der Waals surface area (Å²) in [5.41, 5.74) is 12.3. The summed E-state index contributed by atoms with van der Waals surface area (Å²) in [7, 11) is 0. The van der Waals surface area contributed by atoms with E-state index in [4.69, 9.17) is 0 Å². The maximum absolute atomic E-state index is 2.43. The van der Waals surface area contributed by atoms with Crippen molar-refractivity contribution >= 4 is 125 Å². The Hall–Kier alpha value is -8.48. The van der Waals surface area contributed by atoms with Crippen molar-refractivity contribution < 1.29 is 0 Å². The zero-order chi connectivity index (χ0) is 45.7. The third-order valence-corrected chi connectivity index (χ3v) is 15.4. The number of fused-ring (bicyclic) bond motifs is 7. The van der Waals surface area contributed by atoms with Crippen LogP contribution >= 0.6 is 22.7 Å². The topological polar surface area (TPSA) is 9.72 Å². The molecule has 0 amide bonds. The lowest BCUT2D eigenvalue weighted by molar-refractivity contribution is 1.26. The molecule has 0 saturated heterocycles. The fraction of sp³-hybridized carbons (Fsp3) is 0. The molecule has 5 heteroatoms. The van der Waals surface area contributed by atoms with Crippen molar-refractivity contribution in [3.8, 4) is 11.1 Å². The van der Waals surface area contributed by atoms with Crippen molar-refractivity contribution in [2.24, 2.45) is 0 Å². The third-order valence-electron chi connectivity index (χ3n) is 13.2. The predicted molar refractivity (Wildman–Crippen MR) is 299 cm³/mol. The highest BCUT2D eigenvalue weighted by atomic mass is 32.1. The molecule has 11 aromatic carbocycles. The lowest BCUT2D eigenvalue weighted by atomic mass is 10.0. The first-order valence-corrected chi connectivity index (χ1v) is 24.9. The van der Waals surface area contributed by atoms with Crippen molar-refractivity contribution in [2.75, 3.05) is 14.7 Å². The highest BCUT2D eigenvalue weighted by molar-refractivity contribution is 7.26. The van der Waals surface area contributed by atoms with Crippen LogP contribution in [0.5, 0.6) is 0 Å². The van der Waals surface area contributed by atoms with E-state index in [0.29, 0.717) is 0 Å². The monoisotopic (exact) mass is 917 g/mol. The molecule has 2 aromatic heterocycles. The van der Waals surface area contributed by atoms with Crippen LogP contribution in [0.4, 0.5) is 51.2 Å². The smallest absolute Gasteiger partial charge is 0.0540 e. The maximum atomic E-state index is 2.43. The Morgan fingerprint density at radius 3 is 1.42 bits per heavy atom. The zero-order valence-electron chi connectivity index (χ0n) is 37.5. The number of thiophene rings is 2. The second kappa shape index (κ2) is 17.3. The van der Waals surface area contributed by atoms with Crippen LogP contribution in [0.3, 0.4) is 0 Å². The summed E-state index contributed by atoms with van der Waals surface area (Å²) in [6.45, 7) is 0. The van der Waals surface area contributed by atoms with E-state index in [1.165, 1.54) is 62.2 Å². The lowest BCUT2D eigenvalue weighted by Gasteiger charge is -2.29. The highest BCUT2D eigenvalue weighted by Crippen LogP contribution is 2.47. The normalized spacial score (nSPS) is 11.5. The van der Waals surface area contributed by atoms with Crippen LogP contribution in [-0.4, -0.2) is 0 Å². The number of hydrogen-bond acceptors (Lipinski definition) is 5. The Kier molecular flexibility index (Phi) is 10.2. The van der Waals surface area contributed by atoms with Crippen molar-refractivity contribution in [3.05, 3.63) is 261 Å². The van der Waals surface area contributed by atoms with Crippen molar-refractivity contribution in [1.82, 2.24) is 0 Å². The number of benzene rings is 11. The summed E-state index contributed by atoms with van der Waals surface area (Å²) in [4.78, 5) is 7.20. The molecular formula is C64H43N3S2. The average Bonchev–Trinajstić information content (AvgIpc) is 3.97. The molecule has 0 N–H and O–H groups in total. The summed E-state index contributed by atoms with van der Waals surface area (Å²) in [6, 6.07) is 94.9. The first-order valence-electron chi connectivity index (χ1n) is 23.3. The molecule has 2 heterocycles. The largest absolute Gasteiger partial charge is 0.310 e. The standard InChI is InChI=1S/C64H43N3S2/c1-4-18-45(19-5-1)55-27-12-14-29-60(55)67(48-23-8-3-9-24-48)52-35-38-62-59(41-52)58-37-34-54(43-64(58)69-62)66(53-33-36-57-56-28-13-15-30-61(56)68-63(57)42-53)50-26-16-25-49(40-50)65(47-21-6-2-7-22-47)51-32-31-44-17-10-11-20-46(44)39-51/h1-43H. The zero-order valence-corrected chi connectivity index (χ0v) is 39.1. The van der Waals surface area contributed by atoms with Gasteiger partial charge in [-0.25, -0.2) is 0 Å². The molecule has 0 aliphatic rings. The fourth-order valence-electron chi connectivity index (χ4n) is 9.98. The number of nitrogens with zero attached hydrogens (tertiary/aromatic N) is 3. The van der Waals surface area contributed by atoms with Gasteiger partial charge in [-0.2, -0.15) is 0 Å². The van der Waals surface area contributed by atoms with Gasteiger partial charge in [-0.1, -0.05) is 152 Å². The minimum atomic E-state index is 1.08. The average molecular weight is 918 g/mol. The Morgan fingerprint density at radius 1 is 0.232 bits per heavy atom. The Balaban J connectivity index is 0.961. The van der Waals surface area contributed by atoms with E-state index >= 15 is 0 Å². The molecule has 0 unspecified atom stereocenters. The summed E-state index contributed by atoms with van der Waals surface area (Å²) in [6.07, 6.45) is 0. The molecule has 0 fully saturated rings. The van der Waals surface area contributed by atoms with Gasteiger partial charge in [0.1, 0.15) is 0 Å². The predicted octanol–water partition coefficient (Wildman–Crippen LogP) is 19.7. The number of anilines is 9. The van der Waals surface area contributed by atoms with Crippen LogP contribution in [0, 0.1) is 0 Å². The number of rotatable bonds is 10. The summed E-state index contributed by atoms with van der Waals surface area (Å²) < 4.78 is 5.06. The van der Waals surface area contributed by atoms with Gasteiger partial charge in [-0.3, -0.25) is 0 Å². The van der Waals surface area contributed by atoms with Crippen LogP contribution in [-0.2, 0) is 0 Å². The van der Waals surface area contributed by atoms with E-state index in [2.05, 4.69) is 276 Å². The Bertz CT molecular complexity index is 3990. The van der Waals surface area contributed by atoms with Gasteiger partial charge in [-0.05, 0) is 126 Å². The SMILES string of the molecule is c1ccc(-c2ccccc2N(c2ccccc2)c2ccc3sc4cc(N(c5cccc(N(c6ccccc6)c6ccc7ccccc7c6)c5)c5ccc6c(c5)sc5ccccc56)ccc4c3c2)cc1. The van der Waals surface area contributed by atoms with Crippen molar-refractivity contribution in [3.63, 3.8) is 0 Å². The fourth-order valence-corrected chi connectivity index (χ4v) is 12.2. The van der Waals surface area contributed by atoms with Gasteiger partial charge in [0.25, 0.3) is 0 Å². The second-order valence-electron chi connectivity index (χ2n) is 17.4. The molecule has 0 aliphatic carbocycles. The molecular weight excluding hydrogens is 875 g/mol. The molecule has 69 heavy (non-hydrogen) atoms. The third kappa shape index (κ3) is 7.46. The molecule has 0 atom stereocenters. The van der Waals surface area contributed by atoms with Crippen molar-refractivity contribution in [1.29, 1.82) is 0 Å². The summed E-state index contributed by atoms with van der Waals surface area (Å²) in [5, 5.41) is 7.49. The van der Waals surface area contributed by atoms with E-state index in [-0.39, 0.29) is 0 Å². The summed E-state index contributed by atoms with van der Waals surface area (Å²) >= 11 is 3.71. The summed E-state index contributed by atoms with van der Waals surface area (Å²) in [5.74, 6) is 0. The van der Waals surface area contributed by atoms with Gasteiger partial charge in [0.2, 0.25) is 0 Å². The Morgan fingerprint density at radius 2 is 0.696 bits per heavy atom. The Labute approximate surface area is 409 Å². The molecule has 0 bridgehead atoms. The molecule has 0 aliphatic heterocycles. The van der Waals surface area contributed by atoms with E-state index < -0.39 is 0 Å². The molecule has 0 spiro atoms. The van der Waals surface area contributed by atoms with Crippen LogP contribution in [0.25, 0.3) is 62.2 Å². The van der Waals surface area contributed by atoms with E-state index in [9.17, 15) is 0 Å². The van der Waals surface area contributed by atoms with Gasteiger partial charge < -0.3 is 14.7 Å². The van der Waals surface area contributed by atoms with E-state index in [1.807, 2.05) is 22.7 Å². The molecule has 0 radical (unpaired) electrons. The van der Waals surface area contributed by atoms with Crippen LogP contribution in [0.15, 0.2) is 261 Å². The van der Waals surface area contributed by atoms with Crippen molar-refractivity contribution in [2.45, 2.75) is 0 Å². The highest BCUT2D eigenvalue weighted by Gasteiger charge is 2.22.